The molecule has 4 rings (SSSR count). The molecule has 0 radical (unpaired) electrons. The van der Waals surface area contributed by atoms with E-state index >= 15 is 0 Å². The van der Waals surface area contributed by atoms with Gasteiger partial charge in [-0.2, -0.15) is 0 Å². The molecule has 6 nitrogen and oxygen atoms in total. The number of carbonyl (C=O) groups excluding carboxylic acids is 1. The first kappa shape index (κ1) is 19.6. The minimum absolute atomic E-state index is 0.0171. The van der Waals surface area contributed by atoms with E-state index in [0.717, 1.165) is 33.8 Å². The van der Waals surface area contributed by atoms with E-state index in [2.05, 4.69) is 17.0 Å². The molecule has 29 heavy (non-hydrogen) atoms. The number of hydrogen-bond donors (Lipinski definition) is 0. The molecule has 2 aliphatic rings. The predicted octanol–water partition coefficient (Wildman–Crippen LogP) is 2.96. The van der Waals surface area contributed by atoms with Crippen molar-refractivity contribution >= 4 is 5.91 Å². The Morgan fingerprint density at radius 3 is 2.24 bits per heavy atom. The van der Waals surface area contributed by atoms with Gasteiger partial charge in [-0.3, -0.25) is 9.69 Å². The molecule has 2 heterocycles. The van der Waals surface area contributed by atoms with Crippen LogP contribution in [0.1, 0.15) is 28.3 Å². The number of carbonyl (C=O) groups is 1. The van der Waals surface area contributed by atoms with Gasteiger partial charge in [0.1, 0.15) is 5.75 Å². The molecule has 2 atom stereocenters. The van der Waals surface area contributed by atoms with Crippen LogP contribution in [0, 0.1) is 6.92 Å². The van der Waals surface area contributed by atoms with Crippen LogP contribution in [-0.4, -0.2) is 56.7 Å². The number of ether oxygens (including phenoxy) is 3. The van der Waals surface area contributed by atoms with Gasteiger partial charge in [-0.05, 0) is 19.5 Å². The largest absolute Gasteiger partial charge is 0.496 e. The summed E-state index contributed by atoms with van der Waals surface area (Å²) in [6.45, 7) is 3.18. The molecule has 0 saturated carbocycles. The Kier molecular flexibility index (Phi) is 5.13. The Morgan fingerprint density at radius 1 is 0.966 bits per heavy atom. The van der Waals surface area contributed by atoms with Crippen LogP contribution in [-0.2, 0) is 17.8 Å². The van der Waals surface area contributed by atoms with Crippen molar-refractivity contribution in [2.24, 2.45) is 0 Å². The summed E-state index contributed by atoms with van der Waals surface area (Å²) in [5, 5.41) is 0. The number of amides is 1. The topological polar surface area (TPSA) is 51.2 Å². The first-order valence-corrected chi connectivity index (χ1v) is 9.87. The number of likely N-dealkylation sites (N-methyl/N-ethyl adjacent to an activating group) is 1. The van der Waals surface area contributed by atoms with Gasteiger partial charge < -0.3 is 19.1 Å². The Morgan fingerprint density at radius 2 is 1.62 bits per heavy atom. The van der Waals surface area contributed by atoms with E-state index in [0.29, 0.717) is 25.3 Å². The van der Waals surface area contributed by atoms with Crippen LogP contribution in [0.5, 0.6) is 17.2 Å². The number of fused-ring (bicyclic) bond motifs is 4. The standard InChI is InChI=1S/C23H28N2O4/c1-14-20(27-3)16-11-17-23(26)25(12-15-9-7-6-8-10-15)13-18(24(17)2)19(16)22(29-5)21(14)28-4/h6-10,17-18H,11-13H2,1-5H3/t17-,18-/m0/s1. The summed E-state index contributed by atoms with van der Waals surface area (Å²) >= 11 is 0. The summed E-state index contributed by atoms with van der Waals surface area (Å²) in [6, 6.07) is 9.93. The van der Waals surface area contributed by atoms with Gasteiger partial charge in [0.25, 0.3) is 0 Å². The zero-order chi connectivity index (χ0) is 20.7. The highest BCUT2D eigenvalue weighted by Crippen LogP contribution is 2.51. The van der Waals surface area contributed by atoms with Crippen molar-refractivity contribution in [2.75, 3.05) is 34.9 Å². The Bertz CT molecular complexity index is 928. The second kappa shape index (κ2) is 7.59. The molecule has 6 heteroatoms. The van der Waals surface area contributed by atoms with Gasteiger partial charge in [0.15, 0.2) is 11.5 Å². The number of nitrogens with zero attached hydrogens (tertiary/aromatic N) is 2. The maximum atomic E-state index is 13.3. The van der Waals surface area contributed by atoms with E-state index in [1.165, 1.54) is 0 Å². The van der Waals surface area contributed by atoms with E-state index in [4.69, 9.17) is 14.2 Å². The predicted molar refractivity (Wildman–Crippen MR) is 111 cm³/mol. The van der Waals surface area contributed by atoms with Crippen LogP contribution in [0.15, 0.2) is 30.3 Å². The van der Waals surface area contributed by atoms with E-state index in [1.54, 1.807) is 21.3 Å². The lowest BCUT2D eigenvalue weighted by molar-refractivity contribution is -0.146. The second-order valence-electron chi connectivity index (χ2n) is 7.72. The molecule has 2 bridgehead atoms. The summed E-state index contributed by atoms with van der Waals surface area (Å²) in [4.78, 5) is 17.4. The molecular formula is C23H28N2O4. The van der Waals surface area contributed by atoms with Crippen molar-refractivity contribution in [3.05, 3.63) is 52.6 Å². The average Bonchev–Trinajstić information content (AvgIpc) is 2.73. The zero-order valence-corrected chi connectivity index (χ0v) is 17.7. The fourth-order valence-electron chi connectivity index (χ4n) is 4.86. The Balaban J connectivity index is 1.82. The van der Waals surface area contributed by atoms with Gasteiger partial charge in [0.2, 0.25) is 5.91 Å². The lowest BCUT2D eigenvalue weighted by atomic mass is 9.82. The van der Waals surface area contributed by atoms with E-state index in [1.807, 2.05) is 37.1 Å². The van der Waals surface area contributed by atoms with Crippen LogP contribution < -0.4 is 14.2 Å². The third-order valence-electron chi connectivity index (χ3n) is 6.26. The summed E-state index contributed by atoms with van der Waals surface area (Å²) in [7, 11) is 7.02. The molecule has 2 aromatic carbocycles. The molecular weight excluding hydrogens is 368 g/mol. The SMILES string of the molecule is COc1c(C)c(OC)c(OC)c2c1C[C@H]1C(=O)N(Cc3ccccc3)C[C@@H]2N1C. The monoisotopic (exact) mass is 396 g/mol. The molecule has 0 N–H and O–H groups in total. The van der Waals surface area contributed by atoms with Crippen molar-refractivity contribution < 1.29 is 19.0 Å². The number of methoxy groups -OCH3 is 3. The number of rotatable bonds is 5. The highest BCUT2D eigenvalue weighted by Gasteiger charge is 2.47. The minimum Gasteiger partial charge on any atom is -0.496 e. The summed E-state index contributed by atoms with van der Waals surface area (Å²) in [5.41, 5.74) is 4.16. The van der Waals surface area contributed by atoms with E-state index in [-0.39, 0.29) is 18.0 Å². The molecule has 154 valence electrons. The van der Waals surface area contributed by atoms with Crippen molar-refractivity contribution in [3.8, 4) is 17.2 Å². The van der Waals surface area contributed by atoms with Gasteiger partial charge in [-0.25, -0.2) is 0 Å². The maximum Gasteiger partial charge on any atom is 0.240 e. The van der Waals surface area contributed by atoms with Crippen molar-refractivity contribution in [1.82, 2.24) is 9.80 Å². The van der Waals surface area contributed by atoms with Crippen LogP contribution in [0.3, 0.4) is 0 Å². The zero-order valence-electron chi connectivity index (χ0n) is 17.7. The number of hydrogen-bond acceptors (Lipinski definition) is 5. The van der Waals surface area contributed by atoms with Crippen LogP contribution in [0.25, 0.3) is 0 Å². The third-order valence-corrected chi connectivity index (χ3v) is 6.26. The van der Waals surface area contributed by atoms with Crippen molar-refractivity contribution in [3.63, 3.8) is 0 Å². The molecule has 2 aliphatic heterocycles. The quantitative estimate of drug-likeness (QED) is 0.778. The fourth-order valence-corrected chi connectivity index (χ4v) is 4.86. The Hall–Kier alpha value is -2.73. The second-order valence-corrected chi connectivity index (χ2v) is 7.72. The lowest BCUT2D eigenvalue weighted by Crippen LogP contribution is -2.59. The maximum absolute atomic E-state index is 13.3. The van der Waals surface area contributed by atoms with Gasteiger partial charge in [0.05, 0.1) is 33.4 Å². The molecule has 2 aromatic rings. The van der Waals surface area contributed by atoms with Crippen molar-refractivity contribution in [2.45, 2.75) is 32.0 Å². The van der Waals surface area contributed by atoms with Crippen LogP contribution in [0.2, 0.25) is 0 Å². The smallest absolute Gasteiger partial charge is 0.240 e. The molecule has 1 saturated heterocycles. The van der Waals surface area contributed by atoms with Gasteiger partial charge >= 0.3 is 0 Å². The number of piperazine rings is 1. The van der Waals surface area contributed by atoms with Gasteiger partial charge in [-0.15, -0.1) is 0 Å². The minimum atomic E-state index is -0.212. The highest BCUT2D eigenvalue weighted by molar-refractivity contribution is 5.85. The molecule has 0 spiro atoms. The van der Waals surface area contributed by atoms with Gasteiger partial charge in [0, 0.05) is 36.2 Å². The van der Waals surface area contributed by atoms with Gasteiger partial charge in [-0.1, -0.05) is 30.3 Å². The highest BCUT2D eigenvalue weighted by atomic mass is 16.5. The van der Waals surface area contributed by atoms with E-state index < -0.39 is 0 Å². The summed E-state index contributed by atoms with van der Waals surface area (Å²) in [6.07, 6.45) is 0.594. The average molecular weight is 396 g/mol. The fraction of sp³-hybridized carbons (Fsp3) is 0.435. The lowest BCUT2D eigenvalue weighted by Gasteiger charge is -2.49. The summed E-state index contributed by atoms with van der Waals surface area (Å²) in [5.74, 6) is 2.39. The molecule has 0 unspecified atom stereocenters. The molecule has 1 fully saturated rings. The molecule has 0 aromatic heterocycles. The molecule has 0 aliphatic carbocycles. The molecule has 1 amide bonds. The van der Waals surface area contributed by atoms with E-state index in [9.17, 15) is 4.79 Å². The number of benzene rings is 2. The Labute approximate surface area is 172 Å². The van der Waals surface area contributed by atoms with Crippen LogP contribution >= 0.6 is 0 Å². The first-order chi connectivity index (χ1) is 14.0. The van der Waals surface area contributed by atoms with Crippen molar-refractivity contribution in [1.29, 1.82) is 0 Å². The van der Waals surface area contributed by atoms with Crippen LogP contribution in [0.4, 0.5) is 0 Å². The normalized spacial score (nSPS) is 21.0. The summed E-state index contributed by atoms with van der Waals surface area (Å²) < 4.78 is 17.3. The first-order valence-electron chi connectivity index (χ1n) is 9.87. The third kappa shape index (κ3) is 3.02.